The number of nitrogens with zero attached hydrogens (tertiary/aromatic N) is 2. The summed E-state index contributed by atoms with van der Waals surface area (Å²) >= 11 is 6.00. The summed E-state index contributed by atoms with van der Waals surface area (Å²) in [6.45, 7) is 2.21. The van der Waals surface area contributed by atoms with Gasteiger partial charge in [0.05, 0.1) is 5.92 Å². The standard InChI is InChI=1S/C19H16ClN3O3/c1-10-2-3-11(19-22-14-8-13(20)4-5-16(14)26-19)6-15(10)23-9-12(18(21)25)7-17(23)24/h2-6,8,12H,7,9H2,1H3,(H2,21,25). The van der Waals surface area contributed by atoms with Crippen LogP contribution in [0.1, 0.15) is 12.0 Å². The Hall–Kier alpha value is -2.86. The summed E-state index contributed by atoms with van der Waals surface area (Å²) in [6.07, 6.45) is 0.139. The number of aryl methyl sites for hydroxylation is 1. The molecule has 4 rings (SSSR count). The van der Waals surface area contributed by atoms with Crippen molar-refractivity contribution in [3.8, 4) is 11.5 Å². The first-order valence-electron chi connectivity index (χ1n) is 8.19. The van der Waals surface area contributed by atoms with E-state index >= 15 is 0 Å². The van der Waals surface area contributed by atoms with Crippen LogP contribution in [0.5, 0.6) is 0 Å². The SMILES string of the molecule is Cc1ccc(-c2nc3cc(Cl)ccc3o2)cc1N1CC(C(N)=O)CC1=O. The molecule has 0 radical (unpaired) electrons. The highest BCUT2D eigenvalue weighted by Crippen LogP contribution is 2.33. The number of primary amides is 1. The van der Waals surface area contributed by atoms with Crippen LogP contribution in [0.15, 0.2) is 40.8 Å². The van der Waals surface area contributed by atoms with Crippen LogP contribution in [0.4, 0.5) is 5.69 Å². The fourth-order valence-corrected chi connectivity index (χ4v) is 3.35. The van der Waals surface area contributed by atoms with Crippen molar-refractivity contribution in [1.82, 2.24) is 4.98 Å². The van der Waals surface area contributed by atoms with Crippen LogP contribution in [-0.4, -0.2) is 23.3 Å². The molecule has 1 fully saturated rings. The second kappa shape index (κ2) is 6.14. The number of nitrogens with two attached hydrogens (primary N) is 1. The average molecular weight is 370 g/mol. The molecule has 2 N–H and O–H groups in total. The van der Waals surface area contributed by atoms with E-state index in [4.69, 9.17) is 21.8 Å². The van der Waals surface area contributed by atoms with Crippen LogP contribution in [-0.2, 0) is 9.59 Å². The fraction of sp³-hybridized carbons (Fsp3) is 0.211. The summed E-state index contributed by atoms with van der Waals surface area (Å²) in [5.74, 6) is -0.581. The number of hydrogen-bond acceptors (Lipinski definition) is 4. The Morgan fingerprint density at radius 2 is 2.12 bits per heavy atom. The average Bonchev–Trinajstić information content (AvgIpc) is 3.18. The van der Waals surface area contributed by atoms with Gasteiger partial charge in [0, 0.05) is 29.2 Å². The summed E-state index contributed by atoms with van der Waals surface area (Å²) in [4.78, 5) is 29.8. The molecule has 1 atom stereocenters. The Balaban J connectivity index is 1.74. The van der Waals surface area contributed by atoms with E-state index in [-0.39, 0.29) is 12.3 Å². The summed E-state index contributed by atoms with van der Waals surface area (Å²) in [5, 5.41) is 0.585. The van der Waals surface area contributed by atoms with Gasteiger partial charge in [0.2, 0.25) is 17.7 Å². The number of carbonyl (C=O) groups excluding carboxylic acids is 2. The van der Waals surface area contributed by atoms with Gasteiger partial charge in [0.25, 0.3) is 0 Å². The largest absolute Gasteiger partial charge is 0.436 e. The molecule has 2 heterocycles. The molecule has 7 heteroatoms. The Morgan fingerprint density at radius 1 is 1.31 bits per heavy atom. The lowest BCUT2D eigenvalue weighted by Gasteiger charge is -2.19. The summed E-state index contributed by atoms with van der Waals surface area (Å²) in [7, 11) is 0. The Kier molecular flexibility index (Phi) is 3.92. The van der Waals surface area contributed by atoms with E-state index in [9.17, 15) is 9.59 Å². The highest BCUT2D eigenvalue weighted by molar-refractivity contribution is 6.31. The van der Waals surface area contributed by atoms with Crippen LogP contribution in [0, 0.1) is 12.8 Å². The minimum atomic E-state index is -0.461. The van der Waals surface area contributed by atoms with E-state index in [1.807, 2.05) is 25.1 Å². The molecule has 1 aliphatic heterocycles. The van der Waals surface area contributed by atoms with E-state index in [1.165, 1.54) is 0 Å². The van der Waals surface area contributed by atoms with Gasteiger partial charge in [0.15, 0.2) is 5.58 Å². The van der Waals surface area contributed by atoms with Crippen molar-refractivity contribution >= 4 is 40.2 Å². The maximum absolute atomic E-state index is 12.3. The molecule has 3 aromatic rings. The van der Waals surface area contributed by atoms with Crippen LogP contribution in [0.25, 0.3) is 22.6 Å². The summed E-state index contributed by atoms with van der Waals surface area (Å²) < 4.78 is 5.81. The zero-order valence-corrected chi connectivity index (χ0v) is 14.8. The predicted molar refractivity (Wildman–Crippen MR) is 98.8 cm³/mol. The van der Waals surface area contributed by atoms with E-state index in [2.05, 4.69) is 4.98 Å². The Bertz CT molecular complexity index is 1040. The van der Waals surface area contributed by atoms with Gasteiger partial charge in [-0.3, -0.25) is 9.59 Å². The lowest BCUT2D eigenvalue weighted by molar-refractivity contribution is -0.123. The summed E-state index contributed by atoms with van der Waals surface area (Å²) in [5.41, 5.74) is 9.06. The topological polar surface area (TPSA) is 89.4 Å². The minimum absolute atomic E-state index is 0.113. The molecule has 1 saturated heterocycles. The number of hydrogen-bond donors (Lipinski definition) is 1. The maximum Gasteiger partial charge on any atom is 0.227 e. The van der Waals surface area contributed by atoms with Crippen molar-refractivity contribution in [3.63, 3.8) is 0 Å². The first kappa shape index (κ1) is 16.6. The van der Waals surface area contributed by atoms with Crippen molar-refractivity contribution < 1.29 is 14.0 Å². The highest BCUT2D eigenvalue weighted by atomic mass is 35.5. The number of rotatable bonds is 3. The van der Waals surface area contributed by atoms with Crippen molar-refractivity contribution in [1.29, 1.82) is 0 Å². The second-order valence-corrected chi connectivity index (χ2v) is 6.88. The number of benzene rings is 2. The molecule has 26 heavy (non-hydrogen) atoms. The van der Waals surface area contributed by atoms with Gasteiger partial charge in [0.1, 0.15) is 5.52 Å². The number of oxazole rings is 1. The molecular formula is C19H16ClN3O3. The van der Waals surface area contributed by atoms with E-state index in [0.29, 0.717) is 28.6 Å². The molecule has 0 aliphatic carbocycles. The number of aromatic nitrogens is 1. The molecule has 1 aliphatic rings. The number of amides is 2. The first-order valence-corrected chi connectivity index (χ1v) is 8.57. The molecule has 132 valence electrons. The third-order valence-corrected chi connectivity index (χ3v) is 4.86. The maximum atomic E-state index is 12.3. The zero-order chi connectivity index (χ0) is 18.4. The number of carbonyl (C=O) groups is 2. The monoisotopic (exact) mass is 369 g/mol. The van der Waals surface area contributed by atoms with Crippen molar-refractivity contribution in [2.45, 2.75) is 13.3 Å². The van der Waals surface area contributed by atoms with Crippen LogP contribution >= 0.6 is 11.6 Å². The normalized spacial score (nSPS) is 17.2. The van der Waals surface area contributed by atoms with Crippen LogP contribution in [0.3, 0.4) is 0 Å². The third kappa shape index (κ3) is 2.82. The number of fused-ring (bicyclic) bond motifs is 1. The Morgan fingerprint density at radius 3 is 2.85 bits per heavy atom. The molecule has 6 nitrogen and oxygen atoms in total. The molecular weight excluding hydrogens is 354 g/mol. The van der Waals surface area contributed by atoms with Gasteiger partial charge in [-0.2, -0.15) is 0 Å². The Labute approximate surface area is 154 Å². The van der Waals surface area contributed by atoms with E-state index in [0.717, 1.165) is 16.8 Å². The van der Waals surface area contributed by atoms with Gasteiger partial charge < -0.3 is 15.1 Å². The van der Waals surface area contributed by atoms with E-state index < -0.39 is 11.8 Å². The smallest absolute Gasteiger partial charge is 0.227 e. The molecule has 0 saturated carbocycles. The minimum Gasteiger partial charge on any atom is -0.436 e. The molecule has 2 amide bonds. The summed E-state index contributed by atoms with van der Waals surface area (Å²) in [6, 6.07) is 10.9. The van der Waals surface area contributed by atoms with Crippen LogP contribution < -0.4 is 10.6 Å². The molecule has 0 bridgehead atoms. The van der Waals surface area contributed by atoms with Crippen molar-refractivity contribution in [3.05, 3.63) is 47.0 Å². The molecule has 0 spiro atoms. The first-order chi connectivity index (χ1) is 12.4. The quantitative estimate of drug-likeness (QED) is 0.767. The fourth-order valence-electron chi connectivity index (χ4n) is 3.19. The van der Waals surface area contributed by atoms with E-state index in [1.54, 1.807) is 23.1 Å². The van der Waals surface area contributed by atoms with Crippen molar-refractivity contribution in [2.75, 3.05) is 11.4 Å². The van der Waals surface area contributed by atoms with Gasteiger partial charge in [-0.25, -0.2) is 4.98 Å². The highest BCUT2D eigenvalue weighted by Gasteiger charge is 2.34. The number of halogens is 1. The molecule has 2 aromatic carbocycles. The van der Waals surface area contributed by atoms with Gasteiger partial charge in [-0.05, 0) is 42.8 Å². The van der Waals surface area contributed by atoms with Gasteiger partial charge in [-0.15, -0.1) is 0 Å². The molecule has 1 unspecified atom stereocenters. The number of anilines is 1. The van der Waals surface area contributed by atoms with Gasteiger partial charge in [-0.1, -0.05) is 17.7 Å². The predicted octanol–water partition coefficient (Wildman–Crippen LogP) is 3.29. The molecule has 1 aromatic heterocycles. The lowest BCUT2D eigenvalue weighted by atomic mass is 10.1. The second-order valence-electron chi connectivity index (χ2n) is 6.44. The lowest BCUT2D eigenvalue weighted by Crippen LogP contribution is -2.28. The van der Waals surface area contributed by atoms with Crippen molar-refractivity contribution in [2.24, 2.45) is 11.7 Å². The van der Waals surface area contributed by atoms with Crippen LogP contribution in [0.2, 0.25) is 5.02 Å². The zero-order valence-electron chi connectivity index (χ0n) is 14.0. The van der Waals surface area contributed by atoms with Gasteiger partial charge >= 0.3 is 0 Å². The third-order valence-electron chi connectivity index (χ3n) is 4.62.